The van der Waals surface area contributed by atoms with Gasteiger partial charge in [-0.2, -0.15) is 0 Å². The van der Waals surface area contributed by atoms with Gasteiger partial charge in [-0.1, -0.05) is 54.8 Å². The molecule has 0 atom stereocenters. The lowest BCUT2D eigenvalue weighted by Gasteiger charge is -2.37. The second-order valence-corrected chi connectivity index (χ2v) is 7.81. The van der Waals surface area contributed by atoms with Gasteiger partial charge in [-0.25, -0.2) is 0 Å². The van der Waals surface area contributed by atoms with Crippen LogP contribution in [0.3, 0.4) is 0 Å². The van der Waals surface area contributed by atoms with E-state index in [1.807, 2.05) is 0 Å². The zero-order chi connectivity index (χ0) is 15.2. The molecule has 1 rings (SSSR count). The van der Waals surface area contributed by atoms with Crippen LogP contribution in [0.25, 0.3) is 0 Å². The molecule has 1 nitrogen and oxygen atoms in total. The molecule has 0 fully saturated rings. The van der Waals surface area contributed by atoms with Crippen LogP contribution in [0, 0.1) is 0 Å². The van der Waals surface area contributed by atoms with E-state index in [0.29, 0.717) is 0 Å². The van der Waals surface area contributed by atoms with Crippen molar-refractivity contribution < 1.29 is 0 Å². The van der Waals surface area contributed by atoms with Crippen LogP contribution in [0.1, 0.15) is 65.9 Å². The Labute approximate surface area is 133 Å². The van der Waals surface area contributed by atoms with Crippen molar-refractivity contribution in [1.29, 1.82) is 0 Å². The fraction of sp³-hybridized carbons (Fsp3) is 0.667. The summed E-state index contributed by atoms with van der Waals surface area (Å²) in [7, 11) is 0. The highest BCUT2D eigenvalue weighted by atomic mass is 79.9. The molecule has 2 heteroatoms. The van der Waals surface area contributed by atoms with Crippen molar-refractivity contribution in [2.24, 2.45) is 0 Å². The van der Waals surface area contributed by atoms with Crippen LogP contribution >= 0.6 is 15.9 Å². The summed E-state index contributed by atoms with van der Waals surface area (Å²) in [6, 6.07) is 8.93. The largest absolute Gasteiger partial charge is 0.311 e. The van der Waals surface area contributed by atoms with Crippen molar-refractivity contribution in [3.8, 4) is 0 Å². The highest BCUT2D eigenvalue weighted by molar-refractivity contribution is 9.10. The zero-order valence-electron chi connectivity index (χ0n) is 13.7. The van der Waals surface area contributed by atoms with E-state index in [4.69, 9.17) is 0 Å². The molecule has 20 heavy (non-hydrogen) atoms. The second kappa shape index (κ2) is 7.61. The second-order valence-electron chi connectivity index (χ2n) is 6.89. The number of nitrogens with one attached hydrogen (secondary N) is 1. The summed E-state index contributed by atoms with van der Waals surface area (Å²) in [4.78, 5) is 0. The van der Waals surface area contributed by atoms with Crippen LogP contribution in [-0.4, -0.2) is 12.1 Å². The van der Waals surface area contributed by atoms with Gasteiger partial charge in [-0.15, -0.1) is 0 Å². The van der Waals surface area contributed by atoms with Gasteiger partial charge < -0.3 is 5.32 Å². The summed E-state index contributed by atoms with van der Waals surface area (Å²) in [5, 5.41) is 3.73. The summed E-state index contributed by atoms with van der Waals surface area (Å²) in [6.07, 6.45) is 4.93. The number of halogens is 1. The summed E-state index contributed by atoms with van der Waals surface area (Å²) in [5.74, 6) is 0. The minimum Gasteiger partial charge on any atom is -0.311 e. The molecule has 0 saturated heterocycles. The molecular formula is C18H30BrN. The molecule has 0 aliphatic carbocycles. The third-order valence-corrected chi connectivity index (χ3v) is 4.40. The van der Waals surface area contributed by atoms with Crippen molar-refractivity contribution in [3.63, 3.8) is 0 Å². The first-order valence-electron chi connectivity index (χ1n) is 7.84. The van der Waals surface area contributed by atoms with Crippen LogP contribution < -0.4 is 5.32 Å². The van der Waals surface area contributed by atoms with E-state index >= 15 is 0 Å². The third-order valence-electron chi connectivity index (χ3n) is 3.87. The van der Waals surface area contributed by atoms with Crippen LogP contribution in [0.2, 0.25) is 0 Å². The number of hydrogen-bond acceptors (Lipinski definition) is 1. The maximum atomic E-state index is 3.73. The molecule has 0 bridgehead atoms. The number of rotatable bonds is 7. The van der Waals surface area contributed by atoms with Gasteiger partial charge in [-0.3, -0.25) is 0 Å². The summed E-state index contributed by atoms with van der Waals surface area (Å²) >= 11 is 3.55. The van der Waals surface area contributed by atoms with Crippen molar-refractivity contribution >= 4 is 15.9 Å². The van der Waals surface area contributed by atoms with E-state index in [0.717, 1.165) is 11.0 Å². The molecule has 1 N–H and O–H groups in total. The lowest BCUT2D eigenvalue weighted by molar-refractivity contribution is 0.292. The Morgan fingerprint density at radius 1 is 0.950 bits per heavy atom. The van der Waals surface area contributed by atoms with E-state index in [2.05, 4.69) is 80.1 Å². The summed E-state index contributed by atoms with van der Waals surface area (Å²) in [6.45, 7) is 12.4. The van der Waals surface area contributed by atoms with Gasteiger partial charge in [-0.05, 0) is 51.3 Å². The fourth-order valence-electron chi connectivity index (χ4n) is 2.89. The van der Waals surface area contributed by atoms with Gasteiger partial charge >= 0.3 is 0 Å². The topological polar surface area (TPSA) is 12.0 Å². The molecular weight excluding hydrogens is 310 g/mol. The molecule has 0 unspecified atom stereocenters. The van der Waals surface area contributed by atoms with E-state index in [1.54, 1.807) is 0 Å². The molecule has 0 amide bonds. The molecule has 0 radical (unpaired) electrons. The highest BCUT2D eigenvalue weighted by Crippen LogP contribution is 2.35. The van der Waals surface area contributed by atoms with E-state index in [9.17, 15) is 0 Å². The predicted octanol–water partition coefficient (Wildman–Crippen LogP) is 5.68. The van der Waals surface area contributed by atoms with Gasteiger partial charge in [0.1, 0.15) is 0 Å². The SMILES string of the molecule is CCCC(CCC)(CNC(C)(C)C)c1ccc(Br)cc1. The molecule has 1 aromatic rings. The molecule has 0 aliphatic rings. The Hall–Kier alpha value is -0.340. The molecule has 0 saturated carbocycles. The van der Waals surface area contributed by atoms with Crippen LogP contribution in [0.15, 0.2) is 28.7 Å². The zero-order valence-corrected chi connectivity index (χ0v) is 15.3. The van der Waals surface area contributed by atoms with E-state index in [-0.39, 0.29) is 11.0 Å². The lowest BCUT2D eigenvalue weighted by atomic mass is 9.73. The monoisotopic (exact) mass is 339 g/mol. The van der Waals surface area contributed by atoms with E-state index in [1.165, 1.54) is 31.2 Å². The minimum absolute atomic E-state index is 0.169. The summed E-state index contributed by atoms with van der Waals surface area (Å²) in [5.41, 5.74) is 1.90. The Bertz CT molecular complexity index is 383. The number of benzene rings is 1. The maximum absolute atomic E-state index is 3.73. The lowest BCUT2D eigenvalue weighted by Crippen LogP contribution is -2.46. The molecule has 0 spiro atoms. The first-order chi connectivity index (χ1) is 9.33. The predicted molar refractivity (Wildman–Crippen MR) is 93.4 cm³/mol. The van der Waals surface area contributed by atoms with Crippen LogP contribution in [0.5, 0.6) is 0 Å². The average molecular weight is 340 g/mol. The molecule has 114 valence electrons. The van der Waals surface area contributed by atoms with Gasteiger partial charge in [0.15, 0.2) is 0 Å². The van der Waals surface area contributed by atoms with Crippen LogP contribution in [-0.2, 0) is 5.41 Å². The molecule has 1 aromatic carbocycles. The van der Waals surface area contributed by atoms with Gasteiger partial charge in [0, 0.05) is 22.0 Å². The number of hydrogen-bond donors (Lipinski definition) is 1. The van der Waals surface area contributed by atoms with Crippen molar-refractivity contribution in [1.82, 2.24) is 5.32 Å². The van der Waals surface area contributed by atoms with Crippen molar-refractivity contribution in [3.05, 3.63) is 34.3 Å². The minimum atomic E-state index is 0.169. The quantitative estimate of drug-likeness (QED) is 0.674. The Kier molecular flexibility index (Phi) is 6.74. The Morgan fingerprint density at radius 2 is 1.45 bits per heavy atom. The van der Waals surface area contributed by atoms with E-state index < -0.39 is 0 Å². The Balaban J connectivity index is 3.05. The van der Waals surface area contributed by atoms with Crippen molar-refractivity contribution in [2.45, 2.75) is 71.3 Å². The standard InChI is InChI=1S/C18H30BrN/c1-6-12-18(13-7-2,14-20-17(3,4)5)15-8-10-16(19)11-9-15/h8-11,20H,6-7,12-14H2,1-5H3. The third kappa shape index (κ3) is 5.21. The highest BCUT2D eigenvalue weighted by Gasteiger charge is 2.31. The van der Waals surface area contributed by atoms with Gasteiger partial charge in [0.05, 0.1) is 0 Å². The maximum Gasteiger partial charge on any atom is 0.0175 e. The van der Waals surface area contributed by atoms with Gasteiger partial charge in [0.25, 0.3) is 0 Å². The van der Waals surface area contributed by atoms with Crippen LogP contribution in [0.4, 0.5) is 0 Å². The summed E-state index contributed by atoms with van der Waals surface area (Å²) < 4.78 is 1.16. The van der Waals surface area contributed by atoms with Crippen molar-refractivity contribution in [2.75, 3.05) is 6.54 Å². The smallest absolute Gasteiger partial charge is 0.0175 e. The first-order valence-corrected chi connectivity index (χ1v) is 8.63. The van der Waals surface area contributed by atoms with Gasteiger partial charge in [0.2, 0.25) is 0 Å². The average Bonchev–Trinajstić information content (AvgIpc) is 2.36. The fourth-order valence-corrected chi connectivity index (χ4v) is 3.15. The first kappa shape index (κ1) is 17.7. The Morgan fingerprint density at radius 3 is 1.85 bits per heavy atom. The molecule has 0 aromatic heterocycles. The molecule has 0 aliphatic heterocycles. The normalized spacial score (nSPS) is 12.7. The molecule has 0 heterocycles.